The molecular formula is C21H23NO4S. The number of benzene rings is 2. The lowest BCUT2D eigenvalue weighted by molar-refractivity contribution is -0.125. The number of fused-ring (bicyclic) bond motifs is 1. The molecule has 0 saturated carbocycles. The molecule has 6 heteroatoms. The van der Waals surface area contributed by atoms with Gasteiger partial charge in [0, 0.05) is 4.90 Å². The third-order valence-corrected chi connectivity index (χ3v) is 5.39. The van der Waals surface area contributed by atoms with E-state index in [0.29, 0.717) is 11.3 Å². The summed E-state index contributed by atoms with van der Waals surface area (Å²) in [4.78, 5) is 25.6. The van der Waals surface area contributed by atoms with Gasteiger partial charge in [0.15, 0.2) is 6.61 Å². The van der Waals surface area contributed by atoms with Gasteiger partial charge in [-0.1, -0.05) is 24.3 Å². The lowest BCUT2D eigenvalue weighted by Gasteiger charge is -2.26. The summed E-state index contributed by atoms with van der Waals surface area (Å²) in [7, 11) is 1.50. The average Bonchev–Trinajstić information content (AvgIpc) is 2.71. The number of rotatable bonds is 6. The van der Waals surface area contributed by atoms with Crippen LogP contribution >= 0.6 is 11.8 Å². The normalized spacial score (nSPS) is 15.6. The van der Waals surface area contributed by atoms with Crippen LogP contribution in [0.2, 0.25) is 0 Å². The molecule has 0 fully saturated rings. The van der Waals surface area contributed by atoms with E-state index in [1.54, 1.807) is 23.9 Å². The summed E-state index contributed by atoms with van der Waals surface area (Å²) in [5, 5.41) is 2.98. The summed E-state index contributed by atoms with van der Waals surface area (Å²) in [5.74, 6) is -0.433. The molecule has 0 bridgehead atoms. The molecule has 5 nitrogen and oxygen atoms in total. The Balaban J connectivity index is 1.59. The van der Waals surface area contributed by atoms with Crippen molar-refractivity contribution in [3.8, 4) is 5.75 Å². The highest BCUT2D eigenvalue weighted by Gasteiger charge is 2.22. The molecule has 0 saturated heterocycles. The first-order chi connectivity index (χ1) is 13.1. The number of ether oxygens (including phenoxy) is 2. The molecule has 0 aromatic heterocycles. The number of thioether (sulfide) groups is 1. The molecule has 1 aliphatic carbocycles. The first-order valence-electron chi connectivity index (χ1n) is 8.88. The molecule has 0 aliphatic heterocycles. The second-order valence-electron chi connectivity index (χ2n) is 6.35. The number of hydrogen-bond donors (Lipinski definition) is 1. The molecule has 0 radical (unpaired) electrons. The Hall–Kier alpha value is -2.47. The Morgan fingerprint density at radius 1 is 1.22 bits per heavy atom. The van der Waals surface area contributed by atoms with Gasteiger partial charge in [-0.2, -0.15) is 0 Å². The fourth-order valence-corrected chi connectivity index (χ4v) is 3.74. The van der Waals surface area contributed by atoms with Crippen LogP contribution in [0.3, 0.4) is 0 Å². The zero-order valence-electron chi connectivity index (χ0n) is 15.5. The Kier molecular flexibility index (Phi) is 6.40. The summed E-state index contributed by atoms with van der Waals surface area (Å²) in [5.41, 5.74) is 2.73. The van der Waals surface area contributed by atoms with Gasteiger partial charge >= 0.3 is 5.97 Å². The van der Waals surface area contributed by atoms with Crippen LogP contribution in [0.25, 0.3) is 0 Å². The van der Waals surface area contributed by atoms with E-state index in [9.17, 15) is 9.59 Å². The molecule has 1 amide bonds. The predicted octanol–water partition coefficient (Wildman–Crippen LogP) is 3.77. The van der Waals surface area contributed by atoms with Crippen molar-refractivity contribution in [3.63, 3.8) is 0 Å². The number of hydrogen-bond acceptors (Lipinski definition) is 5. The van der Waals surface area contributed by atoms with Crippen LogP contribution in [0.15, 0.2) is 47.4 Å². The van der Waals surface area contributed by atoms with Gasteiger partial charge in [-0.05, 0) is 54.8 Å². The van der Waals surface area contributed by atoms with Crippen LogP contribution in [0.1, 0.15) is 40.4 Å². The fraction of sp³-hybridized carbons (Fsp3) is 0.333. The second kappa shape index (κ2) is 8.95. The number of esters is 1. The van der Waals surface area contributed by atoms with E-state index in [4.69, 9.17) is 9.47 Å². The smallest absolute Gasteiger partial charge is 0.342 e. The van der Waals surface area contributed by atoms with Gasteiger partial charge in [0.1, 0.15) is 11.3 Å². The van der Waals surface area contributed by atoms with Crippen molar-refractivity contribution in [2.75, 3.05) is 20.0 Å². The van der Waals surface area contributed by atoms with E-state index in [-0.39, 0.29) is 18.6 Å². The van der Waals surface area contributed by atoms with E-state index in [1.807, 2.05) is 30.5 Å². The minimum Gasteiger partial charge on any atom is -0.496 e. The van der Waals surface area contributed by atoms with Gasteiger partial charge in [-0.15, -0.1) is 11.8 Å². The molecule has 0 spiro atoms. The van der Waals surface area contributed by atoms with Crippen LogP contribution in [-0.4, -0.2) is 31.8 Å². The fourth-order valence-electron chi connectivity index (χ4n) is 3.32. The molecule has 0 unspecified atom stereocenters. The SMILES string of the molecule is COc1cc(SC)ccc1C(=O)OCC(=O)N[C@H]1CCCc2ccccc21. The third-order valence-electron chi connectivity index (χ3n) is 4.67. The molecule has 2 aromatic carbocycles. The van der Waals surface area contributed by atoms with Gasteiger partial charge in [0.25, 0.3) is 5.91 Å². The topological polar surface area (TPSA) is 64.6 Å². The van der Waals surface area contributed by atoms with E-state index >= 15 is 0 Å². The van der Waals surface area contributed by atoms with Gasteiger partial charge in [-0.25, -0.2) is 4.79 Å². The molecule has 3 rings (SSSR count). The van der Waals surface area contributed by atoms with E-state index in [2.05, 4.69) is 11.4 Å². The zero-order chi connectivity index (χ0) is 19.2. The average molecular weight is 385 g/mol. The van der Waals surface area contributed by atoms with Crippen molar-refractivity contribution in [2.24, 2.45) is 0 Å². The number of methoxy groups -OCH3 is 1. The summed E-state index contributed by atoms with van der Waals surface area (Å²) >= 11 is 1.55. The van der Waals surface area contributed by atoms with Gasteiger partial charge < -0.3 is 14.8 Å². The molecular weight excluding hydrogens is 362 g/mol. The van der Waals surface area contributed by atoms with E-state index in [1.165, 1.54) is 12.7 Å². The maximum atomic E-state index is 12.3. The Labute approximate surface area is 163 Å². The van der Waals surface area contributed by atoms with Crippen molar-refractivity contribution in [1.82, 2.24) is 5.32 Å². The summed E-state index contributed by atoms with van der Waals surface area (Å²) in [6.45, 7) is -0.315. The monoisotopic (exact) mass is 385 g/mol. The van der Waals surface area contributed by atoms with Gasteiger partial charge in [0.05, 0.1) is 13.2 Å². The van der Waals surface area contributed by atoms with Crippen molar-refractivity contribution in [1.29, 1.82) is 0 Å². The number of amides is 1. The molecule has 1 aliphatic rings. The van der Waals surface area contributed by atoms with Crippen LogP contribution in [0.5, 0.6) is 5.75 Å². The maximum Gasteiger partial charge on any atom is 0.342 e. The standard InChI is InChI=1S/C21H23NO4S/c1-25-19-12-15(27-2)10-11-17(19)21(24)26-13-20(23)22-18-9-5-7-14-6-3-4-8-16(14)18/h3-4,6,8,10-12,18H,5,7,9,13H2,1-2H3,(H,22,23)/t18-/m0/s1. The number of nitrogens with one attached hydrogen (secondary N) is 1. The molecule has 1 atom stereocenters. The van der Waals surface area contributed by atoms with Crippen molar-refractivity contribution in [2.45, 2.75) is 30.2 Å². The van der Waals surface area contributed by atoms with Crippen LogP contribution < -0.4 is 10.1 Å². The van der Waals surface area contributed by atoms with Crippen LogP contribution in [0.4, 0.5) is 0 Å². The highest BCUT2D eigenvalue weighted by Crippen LogP contribution is 2.29. The first kappa shape index (κ1) is 19.3. The van der Waals surface area contributed by atoms with E-state index in [0.717, 1.165) is 29.7 Å². The van der Waals surface area contributed by atoms with Crippen LogP contribution in [0, 0.1) is 0 Å². The Bertz CT molecular complexity index is 837. The Morgan fingerprint density at radius 3 is 2.81 bits per heavy atom. The lowest BCUT2D eigenvalue weighted by Crippen LogP contribution is -2.34. The molecule has 27 heavy (non-hydrogen) atoms. The first-order valence-corrected chi connectivity index (χ1v) is 10.1. The summed E-state index contributed by atoms with van der Waals surface area (Å²) in [6, 6.07) is 13.4. The molecule has 2 aromatic rings. The molecule has 0 heterocycles. The van der Waals surface area contributed by atoms with Gasteiger partial charge in [-0.3, -0.25) is 4.79 Å². The van der Waals surface area contributed by atoms with Crippen LogP contribution in [-0.2, 0) is 16.0 Å². The third kappa shape index (κ3) is 4.63. The minimum absolute atomic E-state index is 0.0310. The minimum atomic E-state index is -0.571. The largest absolute Gasteiger partial charge is 0.496 e. The molecule has 142 valence electrons. The van der Waals surface area contributed by atoms with Crippen molar-refractivity contribution in [3.05, 3.63) is 59.2 Å². The highest BCUT2D eigenvalue weighted by molar-refractivity contribution is 7.98. The second-order valence-corrected chi connectivity index (χ2v) is 7.23. The van der Waals surface area contributed by atoms with E-state index < -0.39 is 5.97 Å². The zero-order valence-corrected chi connectivity index (χ0v) is 16.3. The Morgan fingerprint density at radius 2 is 2.04 bits per heavy atom. The quantitative estimate of drug-likeness (QED) is 0.606. The molecule has 1 N–H and O–H groups in total. The number of carbonyl (C=O) groups excluding carboxylic acids is 2. The highest BCUT2D eigenvalue weighted by atomic mass is 32.2. The predicted molar refractivity (Wildman–Crippen MR) is 105 cm³/mol. The lowest BCUT2D eigenvalue weighted by atomic mass is 9.88. The van der Waals surface area contributed by atoms with Crippen molar-refractivity contribution >= 4 is 23.6 Å². The number of carbonyl (C=O) groups is 2. The summed E-state index contributed by atoms with van der Waals surface area (Å²) in [6.07, 6.45) is 4.89. The summed E-state index contributed by atoms with van der Waals surface area (Å²) < 4.78 is 10.5. The van der Waals surface area contributed by atoms with Gasteiger partial charge in [0.2, 0.25) is 0 Å². The maximum absolute atomic E-state index is 12.3. The number of aryl methyl sites for hydroxylation is 1. The van der Waals surface area contributed by atoms with Crippen molar-refractivity contribution < 1.29 is 19.1 Å².